The van der Waals surface area contributed by atoms with Gasteiger partial charge in [-0.15, -0.1) is 0 Å². The third kappa shape index (κ3) is 1.14. The Hall–Kier alpha value is -2.24. The Morgan fingerprint density at radius 2 is 1.75 bits per heavy atom. The maximum atomic E-state index is 12.2. The van der Waals surface area contributed by atoms with Gasteiger partial charge < -0.3 is 9.47 Å². The third-order valence-electron chi connectivity index (χ3n) is 4.53. The van der Waals surface area contributed by atoms with Crippen LogP contribution in [-0.2, 0) is 28.7 Å². The normalized spacial score (nSPS) is 36.9. The summed E-state index contributed by atoms with van der Waals surface area (Å²) < 4.78 is 9.40. The average Bonchev–Trinajstić information content (AvgIpc) is 2.43. The molecule has 0 spiro atoms. The Bertz CT molecular complexity index is 613. The standard InChI is InChI=1S/C14H12O6/c1-19-12(17)7-5-6-10-8(15)3-4-9(16)11(10)14(6,7)13(18)20-2/h3-6,10-11H,1-2H3/t6-,10-,11+,14-/m1/s1. The van der Waals surface area contributed by atoms with Gasteiger partial charge in [0.25, 0.3) is 0 Å². The predicted octanol–water partition coefficient (Wildman–Crippen LogP) is -0.171. The van der Waals surface area contributed by atoms with Crippen molar-refractivity contribution in [3.63, 3.8) is 0 Å². The van der Waals surface area contributed by atoms with Crippen molar-refractivity contribution in [2.75, 3.05) is 14.2 Å². The first-order valence-electron chi connectivity index (χ1n) is 6.15. The summed E-state index contributed by atoms with van der Waals surface area (Å²) >= 11 is 0. The van der Waals surface area contributed by atoms with E-state index < -0.39 is 35.1 Å². The zero-order valence-electron chi connectivity index (χ0n) is 10.9. The van der Waals surface area contributed by atoms with E-state index in [9.17, 15) is 19.2 Å². The van der Waals surface area contributed by atoms with Gasteiger partial charge in [-0.1, -0.05) is 6.08 Å². The second-order valence-electron chi connectivity index (χ2n) is 5.10. The van der Waals surface area contributed by atoms with Gasteiger partial charge >= 0.3 is 11.9 Å². The molecule has 0 aromatic rings. The van der Waals surface area contributed by atoms with E-state index in [-0.39, 0.29) is 17.1 Å². The molecule has 0 heterocycles. The molecular weight excluding hydrogens is 264 g/mol. The molecular formula is C14H12O6. The largest absolute Gasteiger partial charge is 0.468 e. The zero-order chi connectivity index (χ0) is 14.7. The van der Waals surface area contributed by atoms with Gasteiger partial charge in [-0.2, -0.15) is 0 Å². The number of carbonyl (C=O) groups excluding carboxylic acids is 4. The first-order valence-corrected chi connectivity index (χ1v) is 6.15. The molecule has 0 amide bonds. The van der Waals surface area contributed by atoms with E-state index in [0.29, 0.717) is 0 Å². The van der Waals surface area contributed by atoms with Crippen LogP contribution in [0.3, 0.4) is 0 Å². The Labute approximate surface area is 114 Å². The molecule has 6 heteroatoms. The van der Waals surface area contributed by atoms with Crippen molar-refractivity contribution in [3.05, 3.63) is 23.8 Å². The van der Waals surface area contributed by atoms with E-state index in [4.69, 9.17) is 4.74 Å². The minimum atomic E-state index is -1.34. The molecule has 0 aromatic heterocycles. The first kappa shape index (κ1) is 12.8. The molecule has 0 radical (unpaired) electrons. The number of hydrogen-bond donors (Lipinski definition) is 0. The Morgan fingerprint density at radius 1 is 1.10 bits per heavy atom. The molecule has 3 aliphatic rings. The van der Waals surface area contributed by atoms with Gasteiger partial charge in [-0.25, -0.2) is 4.79 Å². The molecule has 0 saturated heterocycles. The predicted molar refractivity (Wildman–Crippen MR) is 64.2 cm³/mol. The fraction of sp³-hybridized carbons (Fsp3) is 0.429. The van der Waals surface area contributed by atoms with Gasteiger partial charge in [0.05, 0.1) is 25.7 Å². The fourth-order valence-corrected chi connectivity index (χ4v) is 3.68. The molecule has 1 fully saturated rings. The van der Waals surface area contributed by atoms with Crippen molar-refractivity contribution in [2.45, 2.75) is 0 Å². The lowest BCUT2D eigenvalue weighted by Crippen LogP contribution is -2.72. The minimum absolute atomic E-state index is 0.120. The zero-order valence-corrected chi connectivity index (χ0v) is 10.9. The topological polar surface area (TPSA) is 86.7 Å². The highest BCUT2D eigenvalue weighted by Gasteiger charge is 2.77. The molecule has 104 valence electrons. The monoisotopic (exact) mass is 276 g/mol. The number of esters is 2. The van der Waals surface area contributed by atoms with Gasteiger partial charge in [0.1, 0.15) is 5.41 Å². The van der Waals surface area contributed by atoms with E-state index in [2.05, 4.69) is 4.74 Å². The van der Waals surface area contributed by atoms with Gasteiger partial charge in [0.2, 0.25) is 0 Å². The second-order valence-corrected chi connectivity index (χ2v) is 5.10. The summed E-state index contributed by atoms with van der Waals surface area (Å²) in [6.45, 7) is 0. The highest BCUT2D eigenvalue weighted by molar-refractivity contribution is 6.16. The number of ketones is 2. The molecule has 20 heavy (non-hydrogen) atoms. The molecule has 3 aliphatic carbocycles. The molecule has 4 atom stereocenters. The molecule has 6 nitrogen and oxygen atoms in total. The lowest BCUT2D eigenvalue weighted by atomic mass is 9.36. The highest BCUT2D eigenvalue weighted by Crippen LogP contribution is 2.69. The number of hydrogen-bond acceptors (Lipinski definition) is 6. The summed E-state index contributed by atoms with van der Waals surface area (Å²) in [6, 6.07) is 0. The minimum Gasteiger partial charge on any atom is -0.468 e. The van der Waals surface area contributed by atoms with Crippen LogP contribution >= 0.6 is 0 Å². The maximum Gasteiger partial charge on any atom is 0.334 e. The van der Waals surface area contributed by atoms with Crippen molar-refractivity contribution in [3.8, 4) is 0 Å². The lowest BCUT2D eigenvalue weighted by Gasteiger charge is -2.62. The Kier molecular flexibility index (Phi) is 2.48. The maximum absolute atomic E-state index is 12.2. The first-order chi connectivity index (χ1) is 9.49. The third-order valence-corrected chi connectivity index (χ3v) is 4.53. The van der Waals surface area contributed by atoms with Crippen LogP contribution in [0, 0.1) is 23.2 Å². The number of rotatable bonds is 2. The molecule has 1 saturated carbocycles. The van der Waals surface area contributed by atoms with Gasteiger partial charge in [0, 0.05) is 11.8 Å². The summed E-state index contributed by atoms with van der Waals surface area (Å²) in [7, 11) is 2.39. The van der Waals surface area contributed by atoms with Crippen molar-refractivity contribution in [2.24, 2.45) is 23.2 Å². The van der Waals surface area contributed by atoms with Crippen LogP contribution in [0.15, 0.2) is 23.8 Å². The summed E-state index contributed by atoms with van der Waals surface area (Å²) in [5, 5.41) is 0. The van der Waals surface area contributed by atoms with Crippen molar-refractivity contribution in [1.82, 2.24) is 0 Å². The molecule has 0 bridgehead atoms. The highest BCUT2D eigenvalue weighted by atomic mass is 16.5. The second kappa shape index (κ2) is 3.88. The van der Waals surface area contributed by atoms with Crippen LogP contribution in [0.4, 0.5) is 0 Å². The molecule has 0 unspecified atom stereocenters. The van der Waals surface area contributed by atoms with Crippen molar-refractivity contribution < 1.29 is 28.7 Å². The van der Waals surface area contributed by atoms with Crippen LogP contribution < -0.4 is 0 Å². The Morgan fingerprint density at radius 3 is 2.35 bits per heavy atom. The van der Waals surface area contributed by atoms with Crippen molar-refractivity contribution in [1.29, 1.82) is 0 Å². The van der Waals surface area contributed by atoms with Gasteiger partial charge in [-0.05, 0) is 12.2 Å². The summed E-state index contributed by atoms with van der Waals surface area (Å²) in [6.07, 6.45) is 3.93. The van der Waals surface area contributed by atoms with Crippen molar-refractivity contribution >= 4 is 23.5 Å². The number of methoxy groups -OCH3 is 2. The van der Waals surface area contributed by atoms with Crippen LogP contribution in [-0.4, -0.2) is 37.7 Å². The van der Waals surface area contributed by atoms with Crippen LogP contribution in [0.1, 0.15) is 0 Å². The fourth-order valence-electron chi connectivity index (χ4n) is 3.68. The van der Waals surface area contributed by atoms with Crippen LogP contribution in [0.2, 0.25) is 0 Å². The average molecular weight is 276 g/mol. The SMILES string of the molecule is COC(=O)C1=C[C@@H]2[C@@H]3C(=O)C=CC(=O)[C@@H]3[C@]12C(=O)OC. The number of carbonyl (C=O) groups is 4. The number of fused-ring (bicyclic) bond motifs is 4. The smallest absolute Gasteiger partial charge is 0.334 e. The van der Waals surface area contributed by atoms with Gasteiger partial charge in [-0.3, -0.25) is 14.4 Å². The summed E-state index contributed by atoms with van der Waals surface area (Å²) in [5.41, 5.74) is -1.22. The number of ether oxygens (including phenoxy) is 2. The summed E-state index contributed by atoms with van der Waals surface area (Å²) in [5.74, 6) is -3.74. The molecule has 0 aromatic carbocycles. The Balaban J connectivity index is 2.10. The van der Waals surface area contributed by atoms with Crippen LogP contribution in [0.5, 0.6) is 0 Å². The molecule has 0 aliphatic heterocycles. The quantitative estimate of drug-likeness (QED) is 0.651. The van der Waals surface area contributed by atoms with E-state index in [0.717, 1.165) is 6.08 Å². The summed E-state index contributed by atoms with van der Waals surface area (Å²) in [4.78, 5) is 47.8. The van der Waals surface area contributed by atoms with E-state index >= 15 is 0 Å². The van der Waals surface area contributed by atoms with E-state index in [1.165, 1.54) is 26.4 Å². The lowest BCUT2D eigenvalue weighted by molar-refractivity contribution is -0.189. The van der Waals surface area contributed by atoms with Gasteiger partial charge in [0.15, 0.2) is 11.6 Å². The molecule has 0 N–H and O–H groups in total. The molecule has 3 rings (SSSR count). The van der Waals surface area contributed by atoms with E-state index in [1.807, 2.05) is 0 Å². The van der Waals surface area contributed by atoms with E-state index in [1.54, 1.807) is 0 Å². The van der Waals surface area contributed by atoms with Crippen LogP contribution in [0.25, 0.3) is 0 Å². The number of allylic oxidation sites excluding steroid dienone is 3.